The number of sulfonamides is 1. The van der Waals surface area contributed by atoms with Gasteiger partial charge in [0.1, 0.15) is 0 Å². The average molecular weight is 439 g/mol. The standard InChI is InChI=1S/C20H20F3N3O3S/c21-20(22,23)17-9-7-15(8-10-17)14-24-25-19(27)16-5-4-6-18(13-16)30(28,29)26-11-2-1-3-12-26/h4-10,13-14H,1-3,11-12H2,(H,25,27). The van der Waals surface area contributed by atoms with E-state index in [1.54, 1.807) is 0 Å². The maximum absolute atomic E-state index is 12.7. The number of rotatable bonds is 5. The van der Waals surface area contributed by atoms with Crippen LogP contribution in [0.3, 0.4) is 0 Å². The molecule has 0 spiro atoms. The number of hydrogen-bond donors (Lipinski definition) is 1. The molecule has 1 aliphatic rings. The minimum atomic E-state index is -4.43. The van der Waals surface area contributed by atoms with E-state index in [4.69, 9.17) is 0 Å². The molecule has 3 rings (SSSR count). The lowest BCUT2D eigenvalue weighted by Crippen LogP contribution is -2.35. The highest BCUT2D eigenvalue weighted by atomic mass is 32.2. The first-order valence-corrected chi connectivity index (χ1v) is 10.7. The molecule has 0 unspecified atom stereocenters. The molecule has 160 valence electrons. The van der Waals surface area contributed by atoms with Crippen LogP contribution in [-0.2, 0) is 16.2 Å². The van der Waals surface area contributed by atoms with Crippen molar-refractivity contribution in [3.63, 3.8) is 0 Å². The van der Waals surface area contributed by atoms with E-state index in [0.717, 1.165) is 31.4 Å². The maximum atomic E-state index is 12.7. The minimum absolute atomic E-state index is 0.0313. The van der Waals surface area contributed by atoms with Gasteiger partial charge in [0.15, 0.2) is 0 Å². The average Bonchev–Trinajstić information content (AvgIpc) is 2.74. The number of piperidine rings is 1. The number of benzene rings is 2. The highest BCUT2D eigenvalue weighted by Gasteiger charge is 2.30. The lowest BCUT2D eigenvalue weighted by molar-refractivity contribution is -0.137. The molecule has 1 N–H and O–H groups in total. The van der Waals surface area contributed by atoms with Crippen LogP contribution < -0.4 is 5.43 Å². The Bertz CT molecular complexity index is 1030. The Morgan fingerprint density at radius 3 is 2.33 bits per heavy atom. The summed E-state index contributed by atoms with van der Waals surface area (Å²) in [5.41, 5.74) is 1.94. The summed E-state index contributed by atoms with van der Waals surface area (Å²) in [6.45, 7) is 0.909. The first-order chi connectivity index (χ1) is 14.2. The summed E-state index contributed by atoms with van der Waals surface area (Å²) in [6.07, 6.45) is -0.628. The second-order valence-electron chi connectivity index (χ2n) is 6.81. The van der Waals surface area contributed by atoms with Gasteiger partial charge in [0.05, 0.1) is 16.7 Å². The normalized spacial score (nSPS) is 16.0. The van der Waals surface area contributed by atoms with Gasteiger partial charge in [-0.15, -0.1) is 0 Å². The highest BCUT2D eigenvalue weighted by molar-refractivity contribution is 7.89. The number of nitrogens with one attached hydrogen (secondary N) is 1. The lowest BCUT2D eigenvalue weighted by Gasteiger charge is -2.25. The van der Waals surface area contributed by atoms with Crippen molar-refractivity contribution in [2.75, 3.05) is 13.1 Å². The Labute approximate surface area is 172 Å². The second-order valence-corrected chi connectivity index (χ2v) is 8.75. The first-order valence-electron chi connectivity index (χ1n) is 9.29. The van der Waals surface area contributed by atoms with Crippen LogP contribution in [0.1, 0.15) is 40.7 Å². The molecule has 0 radical (unpaired) electrons. The van der Waals surface area contributed by atoms with Crippen LogP contribution in [0.2, 0.25) is 0 Å². The minimum Gasteiger partial charge on any atom is -0.267 e. The summed E-state index contributed by atoms with van der Waals surface area (Å²) in [6, 6.07) is 9.94. The smallest absolute Gasteiger partial charge is 0.267 e. The fourth-order valence-corrected chi connectivity index (χ4v) is 4.60. The number of alkyl halides is 3. The largest absolute Gasteiger partial charge is 0.416 e. The summed E-state index contributed by atoms with van der Waals surface area (Å²) in [5.74, 6) is -0.631. The third kappa shape index (κ3) is 5.25. The Hall–Kier alpha value is -2.72. The van der Waals surface area contributed by atoms with Crippen LogP contribution in [0.25, 0.3) is 0 Å². The van der Waals surface area contributed by atoms with Crippen LogP contribution >= 0.6 is 0 Å². The van der Waals surface area contributed by atoms with E-state index in [2.05, 4.69) is 10.5 Å². The number of nitrogens with zero attached hydrogens (tertiary/aromatic N) is 2. The van der Waals surface area contributed by atoms with E-state index >= 15 is 0 Å². The molecule has 2 aromatic rings. The molecule has 1 saturated heterocycles. The van der Waals surface area contributed by atoms with Crippen molar-refractivity contribution in [2.24, 2.45) is 5.10 Å². The van der Waals surface area contributed by atoms with Crippen LogP contribution in [0.4, 0.5) is 13.2 Å². The molecule has 0 aromatic heterocycles. The van der Waals surface area contributed by atoms with E-state index in [0.29, 0.717) is 18.7 Å². The van der Waals surface area contributed by atoms with E-state index in [1.807, 2.05) is 0 Å². The van der Waals surface area contributed by atoms with Crippen LogP contribution in [0, 0.1) is 0 Å². The van der Waals surface area contributed by atoms with Crippen molar-refractivity contribution in [1.82, 2.24) is 9.73 Å². The van der Waals surface area contributed by atoms with Gasteiger partial charge < -0.3 is 0 Å². The monoisotopic (exact) mass is 439 g/mol. The van der Waals surface area contributed by atoms with Crippen molar-refractivity contribution in [3.05, 3.63) is 65.2 Å². The molecule has 10 heteroatoms. The summed E-state index contributed by atoms with van der Waals surface area (Å²) in [7, 11) is -3.67. The zero-order valence-corrected chi connectivity index (χ0v) is 16.7. The number of hydrazone groups is 1. The summed E-state index contributed by atoms with van der Waals surface area (Å²) in [4.78, 5) is 12.3. The number of carbonyl (C=O) groups is 1. The zero-order valence-electron chi connectivity index (χ0n) is 15.9. The first kappa shape index (κ1) is 22.0. The van der Waals surface area contributed by atoms with E-state index in [1.165, 1.54) is 46.9 Å². The fraction of sp³-hybridized carbons (Fsp3) is 0.300. The van der Waals surface area contributed by atoms with E-state index in [-0.39, 0.29) is 10.5 Å². The quantitative estimate of drug-likeness (QED) is 0.571. The number of carbonyl (C=O) groups excluding carboxylic acids is 1. The van der Waals surface area contributed by atoms with Crippen molar-refractivity contribution in [1.29, 1.82) is 0 Å². The van der Waals surface area contributed by atoms with E-state index < -0.39 is 27.7 Å². The number of hydrogen-bond acceptors (Lipinski definition) is 4. The third-order valence-electron chi connectivity index (χ3n) is 4.67. The molecule has 2 aromatic carbocycles. The Morgan fingerprint density at radius 1 is 1.03 bits per heavy atom. The fourth-order valence-electron chi connectivity index (χ4n) is 3.04. The Balaban J connectivity index is 1.67. The van der Waals surface area contributed by atoms with Gasteiger partial charge in [0, 0.05) is 18.7 Å². The Morgan fingerprint density at radius 2 is 1.70 bits per heavy atom. The molecule has 0 saturated carbocycles. The van der Waals surface area contributed by atoms with Crippen molar-refractivity contribution >= 4 is 22.1 Å². The summed E-state index contributed by atoms with van der Waals surface area (Å²) in [5, 5.41) is 3.73. The molecule has 1 amide bonds. The molecule has 1 aliphatic heterocycles. The summed E-state index contributed by atoms with van der Waals surface area (Å²) >= 11 is 0. The Kier molecular flexibility index (Phi) is 6.57. The topological polar surface area (TPSA) is 78.8 Å². The van der Waals surface area contributed by atoms with Gasteiger partial charge in [-0.1, -0.05) is 24.6 Å². The molecular weight excluding hydrogens is 419 g/mol. The van der Waals surface area contributed by atoms with Crippen molar-refractivity contribution in [3.8, 4) is 0 Å². The predicted molar refractivity (Wildman–Crippen MR) is 106 cm³/mol. The SMILES string of the molecule is O=C(NN=Cc1ccc(C(F)(F)F)cc1)c1cccc(S(=O)(=O)N2CCCCC2)c1. The van der Waals surface area contributed by atoms with Gasteiger partial charge >= 0.3 is 6.18 Å². The maximum Gasteiger partial charge on any atom is 0.416 e. The molecule has 6 nitrogen and oxygen atoms in total. The number of halogens is 3. The van der Waals surface area contributed by atoms with Crippen molar-refractivity contribution < 1.29 is 26.4 Å². The summed E-state index contributed by atoms with van der Waals surface area (Å²) < 4.78 is 64.6. The molecule has 0 aliphatic carbocycles. The highest BCUT2D eigenvalue weighted by Crippen LogP contribution is 2.28. The molecule has 1 fully saturated rings. The number of amides is 1. The second kappa shape index (κ2) is 8.97. The van der Waals surface area contributed by atoms with E-state index in [9.17, 15) is 26.4 Å². The van der Waals surface area contributed by atoms with Gasteiger partial charge in [0.2, 0.25) is 10.0 Å². The molecule has 0 atom stereocenters. The molecule has 0 bridgehead atoms. The molecule has 1 heterocycles. The van der Waals surface area contributed by atoms with Crippen LogP contribution in [0.15, 0.2) is 58.5 Å². The molecule has 30 heavy (non-hydrogen) atoms. The molecular formula is C20H20F3N3O3S. The van der Waals surface area contributed by atoms with Crippen LogP contribution in [0.5, 0.6) is 0 Å². The van der Waals surface area contributed by atoms with Gasteiger partial charge in [-0.25, -0.2) is 13.8 Å². The zero-order chi connectivity index (χ0) is 21.8. The third-order valence-corrected chi connectivity index (χ3v) is 6.56. The predicted octanol–water partition coefficient (Wildman–Crippen LogP) is 3.64. The van der Waals surface area contributed by atoms with Gasteiger partial charge in [-0.2, -0.15) is 22.6 Å². The van der Waals surface area contributed by atoms with Gasteiger partial charge in [-0.3, -0.25) is 4.79 Å². The van der Waals surface area contributed by atoms with Crippen LogP contribution in [-0.4, -0.2) is 37.9 Å². The lowest BCUT2D eigenvalue weighted by atomic mass is 10.1. The van der Waals surface area contributed by atoms with Gasteiger partial charge in [-0.05, 0) is 48.7 Å². The van der Waals surface area contributed by atoms with Gasteiger partial charge in [0.25, 0.3) is 5.91 Å². The van der Waals surface area contributed by atoms with Crippen molar-refractivity contribution in [2.45, 2.75) is 30.3 Å².